The first kappa shape index (κ1) is 28.6. The Labute approximate surface area is 297 Å². The minimum atomic E-state index is 0.855. The van der Waals surface area contributed by atoms with Gasteiger partial charge in [-0.3, -0.25) is 0 Å². The molecule has 0 atom stereocenters. The van der Waals surface area contributed by atoms with Crippen LogP contribution >= 0.6 is 0 Å². The average molecular weight is 669 g/mol. The molecular weight excluding hydrogens is 641 g/mol. The van der Waals surface area contributed by atoms with Gasteiger partial charge in [-0.25, -0.2) is 9.67 Å². The van der Waals surface area contributed by atoms with E-state index in [9.17, 15) is 0 Å². The number of aromatic nitrogens is 4. The van der Waals surface area contributed by atoms with E-state index >= 15 is 0 Å². The van der Waals surface area contributed by atoms with Crippen LogP contribution in [-0.2, 0) is 0 Å². The first-order chi connectivity index (χ1) is 25.8. The molecule has 0 bridgehead atoms. The highest BCUT2D eigenvalue weighted by Crippen LogP contribution is 2.42. The SMILES string of the molecule is c1ccc(-c2c(-c3cccc(-c4ccc5oc6ccc(-n7c8ccccc8c8cc(-n9cncn9)ccc87)cc6c5c4)c3)oc3ccccc23)cc1. The summed E-state index contributed by atoms with van der Waals surface area (Å²) >= 11 is 0. The standard InChI is InChI=1S/C46H28N4O2/c1-2-9-29(10-3-1)45-36-14-5-7-16-42(36)52-46(45)32-12-8-11-30(23-32)31-17-21-43-38(24-31)39-26-34(19-22-44(39)51-43)50-40-15-6-4-13-35(40)37-25-33(18-20-41(37)50)49-28-47-27-48-49/h1-28H. The number of hydrogen-bond acceptors (Lipinski definition) is 4. The minimum Gasteiger partial charge on any atom is -0.456 e. The molecule has 4 heterocycles. The average Bonchev–Trinajstić information content (AvgIpc) is 4.01. The molecule has 6 nitrogen and oxygen atoms in total. The van der Waals surface area contributed by atoms with Gasteiger partial charge in [0.2, 0.25) is 0 Å². The molecule has 11 aromatic rings. The third-order valence-electron chi connectivity index (χ3n) is 10.2. The summed E-state index contributed by atoms with van der Waals surface area (Å²) < 4.78 is 17.1. The zero-order valence-electron chi connectivity index (χ0n) is 27.8. The zero-order valence-corrected chi connectivity index (χ0v) is 27.8. The smallest absolute Gasteiger partial charge is 0.143 e. The Hall–Kier alpha value is -7.18. The third kappa shape index (κ3) is 4.38. The molecule has 0 unspecified atom stereocenters. The maximum Gasteiger partial charge on any atom is 0.143 e. The van der Waals surface area contributed by atoms with E-state index in [0.717, 1.165) is 94.3 Å². The zero-order chi connectivity index (χ0) is 34.2. The highest BCUT2D eigenvalue weighted by atomic mass is 16.3. The summed E-state index contributed by atoms with van der Waals surface area (Å²) in [6.07, 6.45) is 3.28. The molecule has 0 aliphatic heterocycles. The molecule has 0 radical (unpaired) electrons. The Kier molecular flexibility index (Phi) is 6.15. The van der Waals surface area contributed by atoms with Gasteiger partial charge in [0.25, 0.3) is 0 Å². The van der Waals surface area contributed by atoms with Gasteiger partial charge >= 0.3 is 0 Å². The molecule has 0 spiro atoms. The molecule has 0 saturated heterocycles. The minimum absolute atomic E-state index is 0.855. The van der Waals surface area contributed by atoms with E-state index in [-0.39, 0.29) is 0 Å². The second kappa shape index (κ2) is 11.2. The van der Waals surface area contributed by atoms with Crippen LogP contribution in [0.2, 0.25) is 0 Å². The number of fused-ring (bicyclic) bond motifs is 7. The Morgan fingerprint density at radius 1 is 0.423 bits per heavy atom. The quantitative estimate of drug-likeness (QED) is 0.183. The Bertz CT molecular complexity index is 3130. The van der Waals surface area contributed by atoms with Crippen LogP contribution in [0.4, 0.5) is 0 Å². The largest absolute Gasteiger partial charge is 0.456 e. The van der Waals surface area contributed by atoms with Crippen LogP contribution in [0.1, 0.15) is 0 Å². The van der Waals surface area contributed by atoms with Gasteiger partial charge in [-0.2, -0.15) is 5.10 Å². The fourth-order valence-corrected chi connectivity index (χ4v) is 7.79. The van der Waals surface area contributed by atoms with Crippen LogP contribution in [0.25, 0.3) is 99.7 Å². The first-order valence-corrected chi connectivity index (χ1v) is 17.3. The number of nitrogens with zero attached hydrogens (tertiary/aromatic N) is 4. The van der Waals surface area contributed by atoms with Gasteiger partial charge in [0.05, 0.1) is 16.7 Å². The molecule has 11 rings (SSSR count). The lowest BCUT2D eigenvalue weighted by Crippen LogP contribution is -1.95. The highest BCUT2D eigenvalue weighted by molar-refractivity contribution is 6.11. The monoisotopic (exact) mass is 668 g/mol. The van der Waals surface area contributed by atoms with Crippen molar-refractivity contribution in [1.82, 2.24) is 19.3 Å². The Morgan fingerprint density at radius 3 is 1.98 bits per heavy atom. The van der Waals surface area contributed by atoms with Crippen molar-refractivity contribution in [2.24, 2.45) is 0 Å². The molecule has 0 amide bonds. The third-order valence-corrected chi connectivity index (χ3v) is 10.2. The summed E-state index contributed by atoms with van der Waals surface area (Å²) in [7, 11) is 0. The predicted molar refractivity (Wildman–Crippen MR) is 209 cm³/mol. The topological polar surface area (TPSA) is 61.9 Å². The van der Waals surface area contributed by atoms with Crippen LogP contribution in [0.3, 0.4) is 0 Å². The molecule has 0 aliphatic carbocycles. The molecule has 0 saturated carbocycles. The summed E-state index contributed by atoms with van der Waals surface area (Å²) in [6.45, 7) is 0. The first-order valence-electron chi connectivity index (χ1n) is 17.3. The van der Waals surface area contributed by atoms with Crippen molar-refractivity contribution < 1.29 is 8.83 Å². The number of furan rings is 2. The van der Waals surface area contributed by atoms with Crippen molar-refractivity contribution in [2.75, 3.05) is 0 Å². The van der Waals surface area contributed by atoms with Gasteiger partial charge < -0.3 is 13.4 Å². The maximum absolute atomic E-state index is 6.56. The van der Waals surface area contributed by atoms with Gasteiger partial charge in [-0.15, -0.1) is 0 Å². The summed E-state index contributed by atoms with van der Waals surface area (Å²) in [4.78, 5) is 4.14. The Balaban J connectivity index is 1.05. The number of rotatable bonds is 5. The van der Waals surface area contributed by atoms with E-state index in [4.69, 9.17) is 8.83 Å². The van der Waals surface area contributed by atoms with Crippen LogP contribution in [0, 0.1) is 0 Å². The molecule has 7 aromatic carbocycles. The molecule has 244 valence electrons. The number of para-hydroxylation sites is 2. The van der Waals surface area contributed by atoms with E-state index < -0.39 is 0 Å². The van der Waals surface area contributed by atoms with Crippen LogP contribution in [0.15, 0.2) is 179 Å². The molecule has 0 aliphatic rings. The molecule has 0 N–H and O–H groups in total. The summed E-state index contributed by atoms with van der Waals surface area (Å²) in [5.41, 5.74) is 12.4. The Morgan fingerprint density at radius 2 is 1.10 bits per heavy atom. The van der Waals surface area contributed by atoms with Crippen molar-refractivity contribution in [3.05, 3.63) is 170 Å². The van der Waals surface area contributed by atoms with E-state index in [0.29, 0.717) is 0 Å². The van der Waals surface area contributed by atoms with Gasteiger partial charge in [0.15, 0.2) is 0 Å². The second-order valence-corrected chi connectivity index (χ2v) is 13.1. The van der Waals surface area contributed by atoms with Gasteiger partial charge in [-0.05, 0) is 83.4 Å². The molecule has 0 fully saturated rings. The lowest BCUT2D eigenvalue weighted by Gasteiger charge is -2.09. The number of hydrogen-bond donors (Lipinski definition) is 0. The van der Waals surface area contributed by atoms with E-state index in [1.807, 2.05) is 18.2 Å². The summed E-state index contributed by atoms with van der Waals surface area (Å²) in [5, 5.41) is 9.94. The van der Waals surface area contributed by atoms with Gasteiger partial charge in [0, 0.05) is 43.7 Å². The summed E-state index contributed by atoms with van der Waals surface area (Å²) in [6, 6.07) is 55.3. The van der Waals surface area contributed by atoms with Crippen molar-refractivity contribution in [1.29, 1.82) is 0 Å². The van der Waals surface area contributed by atoms with Crippen LogP contribution < -0.4 is 0 Å². The normalized spacial score (nSPS) is 11.8. The van der Waals surface area contributed by atoms with Crippen molar-refractivity contribution in [3.63, 3.8) is 0 Å². The predicted octanol–water partition coefficient (Wildman–Crippen LogP) is 12.0. The van der Waals surface area contributed by atoms with Crippen molar-refractivity contribution in [2.45, 2.75) is 0 Å². The molecule has 52 heavy (non-hydrogen) atoms. The summed E-state index contributed by atoms with van der Waals surface area (Å²) in [5.74, 6) is 0.869. The van der Waals surface area contributed by atoms with Crippen LogP contribution in [-0.4, -0.2) is 19.3 Å². The highest BCUT2D eigenvalue weighted by Gasteiger charge is 2.19. The van der Waals surface area contributed by atoms with Gasteiger partial charge in [0.1, 0.15) is 35.2 Å². The lowest BCUT2D eigenvalue weighted by atomic mass is 9.96. The number of benzene rings is 7. The molecule has 6 heteroatoms. The maximum atomic E-state index is 6.56. The van der Waals surface area contributed by atoms with Crippen LogP contribution in [0.5, 0.6) is 0 Å². The molecule has 4 aromatic heterocycles. The fraction of sp³-hybridized carbons (Fsp3) is 0. The van der Waals surface area contributed by atoms with E-state index in [2.05, 4.69) is 154 Å². The lowest BCUT2D eigenvalue weighted by molar-refractivity contribution is 0.632. The second-order valence-electron chi connectivity index (χ2n) is 13.1. The van der Waals surface area contributed by atoms with E-state index in [1.54, 1.807) is 17.3 Å². The van der Waals surface area contributed by atoms with Crippen molar-refractivity contribution in [3.8, 4) is 45.0 Å². The fourth-order valence-electron chi connectivity index (χ4n) is 7.79. The van der Waals surface area contributed by atoms with Gasteiger partial charge in [-0.1, -0.05) is 91.0 Å². The molecular formula is C46H28N4O2. The van der Waals surface area contributed by atoms with Crippen molar-refractivity contribution >= 4 is 54.7 Å². The van der Waals surface area contributed by atoms with E-state index in [1.165, 1.54) is 5.39 Å².